The molecule has 9 heteroatoms. The second kappa shape index (κ2) is 15.3. The van der Waals surface area contributed by atoms with Gasteiger partial charge in [-0.05, 0) is 65.1 Å². The molecule has 3 atom stereocenters. The van der Waals surface area contributed by atoms with E-state index in [0.717, 1.165) is 28.0 Å². The molecule has 2 amide bonds. The number of carbonyl (C=O) groups excluding carboxylic acids is 2. The Bertz CT molecular complexity index is 1560. The minimum absolute atomic E-state index is 0.0926. The van der Waals surface area contributed by atoms with E-state index in [1.807, 2.05) is 91.0 Å². The van der Waals surface area contributed by atoms with Crippen molar-refractivity contribution in [3.8, 4) is 17.2 Å². The Kier molecular flexibility index (Phi) is 10.8. The number of urea groups is 1. The van der Waals surface area contributed by atoms with Crippen molar-refractivity contribution in [1.82, 2.24) is 9.80 Å². The molecule has 4 aromatic carbocycles. The summed E-state index contributed by atoms with van der Waals surface area (Å²) >= 11 is 0. The molecule has 1 saturated heterocycles. The van der Waals surface area contributed by atoms with Crippen LogP contribution in [0.5, 0.6) is 17.2 Å². The van der Waals surface area contributed by atoms with Crippen LogP contribution < -0.4 is 14.2 Å². The van der Waals surface area contributed by atoms with Gasteiger partial charge in [-0.2, -0.15) is 0 Å². The van der Waals surface area contributed by atoms with E-state index in [1.54, 1.807) is 38.4 Å². The highest BCUT2D eigenvalue weighted by Crippen LogP contribution is 2.30. The average Bonchev–Trinajstić information content (AvgIpc) is 3.10. The molecule has 9 nitrogen and oxygen atoms in total. The minimum atomic E-state index is -1.23. The molecule has 1 aliphatic heterocycles. The van der Waals surface area contributed by atoms with E-state index in [2.05, 4.69) is 0 Å². The van der Waals surface area contributed by atoms with Gasteiger partial charge in [0, 0.05) is 19.5 Å². The van der Waals surface area contributed by atoms with Crippen LogP contribution in [-0.4, -0.2) is 73.0 Å². The number of esters is 1. The summed E-state index contributed by atoms with van der Waals surface area (Å²) in [5, 5.41) is 12.0. The number of hydrogen-bond acceptors (Lipinski definition) is 7. The Morgan fingerprint density at radius 3 is 1.63 bits per heavy atom. The predicted molar refractivity (Wildman–Crippen MR) is 174 cm³/mol. The van der Waals surface area contributed by atoms with Crippen molar-refractivity contribution in [3.05, 3.63) is 125 Å². The van der Waals surface area contributed by atoms with Gasteiger partial charge in [-0.15, -0.1) is 0 Å². The van der Waals surface area contributed by atoms with Crippen molar-refractivity contribution in [2.24, 2.45) is 0 Å². The molecule has 0 spiro atoms. The van der Waals surface area contributed by atoms with Gasteiger partial charge in [0.15, 0.2) is 6.04 Å². The van der Waals surface area contributed by atoms with Crippen LogP contribution in [-0.2, 0) is 35.5 Å². The van der Waals surface area contributed by atoms with Gasteiger partial charge in [0.2, 0.25) is 0 Å². The van der Waals surface area contributed by atoms with Crippen LogP contribution in [0.4, 0.5) is 4.79 Å². The lowest BCUT2D eigenvalue weighted by Gasteiger charge is -2.48. The van der Waals surface area contributed by atoms with E-state index in [-0.39, 0.29) is 25.7 Å². The lowest BCUT2D eigenvalue weighted by Crippen LogP contribution is -2.68. The van der Waals surface area contributed by atoms with E-state index in [4.69, 9.17) is 18.9 Å². The molecule has 0 bridgehead atoms. The summed E-state index contributed by atoms with van der Waals surface area (Å²) in [6, 6.07) is 29.7. The van der Waals surface area contributed by atoms with Crippen molar-refractivity contribution >= 4 is 12.0 Å². The molecule has 1 N–H and O–H groups in total. The third kappa shape index (κ3) is 7.79. The molecule has 5 rings (SSSR count). The first kappa shape index (κ1) is 32.4. The number of rotatable bonds is 13. The molecule has 0 saturated carbocycles. The van der Waals surface area contributed by atoms with Crippen molar-refractivity contribution in [2.75, 3.05) is 27.9 Å². The number of carbonyl (C=O) groups is 2. The molecule has 0 radical (unpaired) electrons. The van der Waals surface area contributed by atoms with Crippen molar-refractivity contribution in [1.29, 1.82) is 0 Å². The molecule has 240 valence electrons. The highest BCUT2D eigenvalue weighted by atomic mass is 16.5. The zero-order valence-corrected chi connectivity index (χ0v) is 26.4. The topological polar surface area (TPSA) is 97.8 Å². The standard InChI is InChI=1S/C37H40N2O7/c1-43-30-15-9-26(10-16-30)21-22-46-36(41)34-35(40)33(23-27-7-5-4-6-8-27)38(24-28-11-17-31(44-2)18-12-28)37(42)39(34)25-29-13-19-32(45-3)20-14-29/h4-20,33-35,40H,21-25H2,1-3H3/t33-,34+,35+/m0/s1. The van der Waals surface area contributed by atoms with Crippen LogP contribution in [0.1, 0.15) is 22.3 Å². The number of methoxy groups -OCH3 is 3. The summed E-state index contributed by atoms with van der Waals surface area (Å²) in [7, 11) is 4.79. The van der Waals surface area contributed by atoms with Crippen molar-refractivity contribution in [3.63, 3.8) is 0 Å². The second-order valence-electron chi connectivity index (χ2n) is 11.2. The molecular formula is C37H40N2O7. The quantitative estimate of drug-likeness (QED) is 0.202. The first-order valence-electron chi connectivity index (χ1n) is 15.2. The molecule has 0 aromatic heterocycles. The lowest BCUT2D eigenvalue weighted by atomic mass is 9.91. The van der Waals surface area contributed by atoms with Gasteiger partial charge in [-0.25, -0.2) is 9.59 Å². The Labute approximate surface area is 269 Å². The van der Waals surface area contributed by atoms with Crippen LogP contribution in [0.3, 0.4) is 0 Å². The first-order valence-corrected chi connectivity index (χ1v) is 15.2. The molecule has 1 heterocycles. The van der Waals surface area contributed by atoms with Gasteiger partial charge in [0.25, 0.3) is 0 Å². The Balaban J connectivity index is 1.44. The minimum Gasteiger partial charge on any atom is -0.497 e. The van der Waals surface area contributed by atoms with Crippen molar-refractivity contribution in [2.45, 2.75) is 44.1 Å². The van der Waals surface area contributed by atoms with Gasteiger partial charge >= 0.3 is 12.0 Å². The SMILES string of the molecule is COc1ccc(CCOC(=O)[C@H]2[C@H](O)[C@H](Cc3ccccc3)N(Cc3ccc(OC)cc3)C(=O)N2Cc2ccc(OC)cc2)cc1. The number of aliphatic hydroxyl groups is 1. The van der Waals surface area contributed by atoms with E-state index >= 15 is 0 Å². The number of ether oxygens (including phenoxy) is 4. The highest BCUT2D eigenvalue weighted by molar-refractivity contribution is 5.86. The number of nitrogens with zero attached hydrogens (tertiary/aromatic N) is 2. The first-order chi connectivity index (χ1) is 22.4. The summed E-state index contributed by atoms with van der Waals surface area (Å²) in [6.07, 6.45) is -0.402. The van der Waals surface area contributed by atoms with E-state index in [0.29, 0.717) is 24.3 Å². The third-order valence-corrected chi connectivity index (χ3v) is 8.29. The number of hydrogen-bond donors (Lipinski definition) is 1. The normalized spacial score (nSPS) is 17.8. The van der Waals surface area contributed by atoms with Gasteiger partial charge in [0.1, 0.15) is 23.4 Å². The molecule has 0 unspecified atom stereocenters. The monoisotopic (exact) mass is 624 g/mol. The highest BCUT2D eigenvalue weighted by Gasteiger charge is 2.50. The fourth-order valence-corrected chi connectivity index (χ4v) is 5.71. The van der Waals surface area contributed by atoms with Gasteiger partial charge in [-0.3, -0.25) is 0 Å². The molecule has 1 fully saturated rings. The smallest absolute Gasteiger partial charge is 0.331 e. The molecule has 4 aromatic rings. The Morgan fingerprint density at radius 2 is 1.13 bits per heavy atom. The molecule has 0 aliphatic carbocycles. The van der Waals surface area contributed by atoms with Gasteiger partial charge in [-0.1, -0.05) is 66.7 Å². The largest absolute Gasteiger partial charge is 0.497 e. The van der Waals surface area contributed by atoms with Crippen LogP contribution >= 0.6 is 0 Å². The number of amides is 2. The van der Waals surface area contributed by atoms with E-state index in [1.165, 1.54) is 4.90 Å². The summed E-state index contributed by atoms with van der Waals surface area (Å²) in [4.78, 5) is 31.4. The fourth-order valence-electron chi connectivity index (χ4n) is 5.71. The van der Waals surface area contributed by atoms with E-state index < -0.39 is 24.2 Å². The molecule has 1 aliphatic rings. The zero-order chi connectivity index (χ0) is 32.5. The molecule has 46 heavy (non-hydrogen) atoms. The van der Waals surface area contributed by atoms with Crippen LogP contribution in [0, 0.1) is 0 Å². The van der Waals surface area contributed by atoms with Gasteiger partial charge < -0.3 is 33.9 Å². The summed E-state index contributed by atoms with van der Waals surface area (Å²) in [6.45, 7) is 0.420. The van der Waals surface area contributed by atoms with Crippen LogP contribution in [0.2, 0.25) is 0 Å². The number of aliphatic hydroxyl groups excluding tert-OH is 1. The predicted octanol–water partition coefficient (Wildman–Crippen LogP) is 5.28. The lowest BCUT2D eigenvalue weighted by molar-refractivity contribution is -0.159. The Morgan fingerprint density at radius 1 is 0.652 bits per heavy atom. The molecular weight excluding hydrogens is 584 g/mol. The zero-order valence-electron chi connectivity index (χ0n) is 26.4. The average molecular weight is 625 g/mol. The van der Waals surface area contributed by atoms with Crippen LogP contribution in [0.25, 0.3) is 0 Å². The van der Waals surface area contributed by atoms with E-state index in [9.17, 15) is 14.7 Å². The third-order valence-electron chi connectivity index (χ3n) is 8.29. The summed E-state index contributed by atoms with van der Waals surface area (Å²) in [5.74, 6) is 1.47. The van der Waals surface area contributed by atoms with Crippen molar-refractivity contribution < 1.29 is 33.6 Å². The maximum atomic E-state index is 14.5. The summed E-state index contributed by atoms with van der Waals surface area (Å²) in [5.41, 5.74) is 3.55. The van der Waals surface area contributed by atoms with Crippen LogP contribution in [0.15, 0.2) is 103 Å². The fraction of sp³-hybridized carbons (Fsp3) is 0.297. The summed E-state index contributed by atoms with van der Waals surface area (Å²) < 4.78 is 21.6. The van der Waals surface area contributed by atoms with Gasteiger partial charge in [0.05, 0.1) is 34.0 Å². The Hall–Kier alpha value is -5.02. The maximum absolute atomic E-state index is 14.5. The number of benzene rings is 4. The second-order valence-corrected chi connectivity index (χ2v) is 11.2. The maximum Gasteiger partial charge on any atom is 0.331 e.